The van der Waals surface area contributed by atoms with Crippen molar-refractivity contribution in [2.75, 3.05) is 6.54 Å². The number of hydrogen-bond donors (Lipinski definition) is 1. The van der Waals surface area contributed by atoms with E-state index in [0.717, 1.165) is 29.0 Å². The Kier molecular flexibility index (Phi) is 5.42. The molecule has 0 spiro atoms. The third-order valence-electron chi connectivity index (χ3n) is 4.55. The van der Waals surface area contributed by atoms with E-state index in [0.29, 0.717) is 11.4 Å². The Morgan fingerprint density at radius 2 is 1.93 bits per heavy atom. The molecule has 2 heterocycles. The van der Waals surface area contributed by atoms with Crippen LogP contribution in [0.15, 0.2) is 39.8 Å². The number of hydrogen-bond acceptors (Lipinski definition) is 4. The monoisotopic (exact) mass is 390 g/mol. The number of carbonyl (C=O) groups is 2. The summed E-state index contributed by atoms with van der Waals surface area (Å²) in [6, 6.07) is 6.80. The van der Waals surface area contributed by atoms with Gasteiger partial charge in [0.15, 0.2) is 0 Å². The van der Waals surface area contributed by atoms with E-state index in [2.05, 4.69) is 5.32 Å². The number of amides is 2. The molecule has 1 N–H and O–H groups in total. The highest BCUT2D eigenvalue weighted by Crippen LogP contribution is 2.35. The van der Waals surface area contributed by atoms with Gasteiger partial charge in [-0.2, -0.15) is 0 Å². The Hall–Kier alpha value is -2.15. The molecular formula is C20H26N2O4S. The van der Waals surface area contributed by atoms with E-state index in [1.807, 2.05) is 31.2 Å². The van der Waals surface area contributed by atoms with Gasteiger partial charge in [0, 0.05) is 28.5 Å². The first-order valence-corrected chi connectivity index (χ1v) is 10.3. The lowest BCUT2D eigenvalue weighted by Crippen LogP contribution is -2.51. The van der Waals surface area contributed by atoms with Gasteiger partial charge in [-0.3, -0.25) is 4.79 Å². The lowest BCUT2D eigenvalue weighted by Gasteiger charge is -2.32. The lowest BCUT2D eigenvalue weighted by atomic mass is 10.1. The number of fused-ring (bicyclic) bond motifs is 1. The number of allylic oxidation sites excluding steroid dienone is 1. The first-order chi connectivity index (χ1) is 12.7. The van der Waals surface area contributed by atoms with Crippen molar-refractivity contribution in [3.05, 3.63) is 40.4 Å². The van der Waals surface area contributed by atoms with E-state index in [-0.39, 0.29) is 12.3 Å². The molecule has 0 aliphatic carbocycles. The van der Waals surface area contributed by atoms with Crippen LogP contribution in [0, 0.1) is 6.92 Å². The van der Waals surface area contributed by atoms with Gasteiger partial charge in [-0.15, -0.1) is 0 Å². The van der Waals surface area contributed by atoms with E-state index >= 15 is 0 Å². The topological polar surface area (TPSA) is 75.7 Å². The summed E-state index contributed by atoms with van der Waals surface area (Å²) < 4.78 is 18.5. The first-order valence-electron chi connectivity index (χ1n) is 9.17. The zero-order valence-corrected chi connectivity index (χ0v) is 17.0. The van der Waals surface area contributed by atoms with E-state index in [9.17, 15) is 13.8 Å². The van der Waals surface area contributed by atoms with Crippen LogP contribution in [0.25, 0.3) is 0 Å². The first kappa shape index (κ1) is 19.6. The Labute approximate surface area is 162 Å². The van der Waals surface area contributed by atoms with Crippen molar-refractivity contribution in [3.8, 4) is 0 Å². The van der Waals surface area contributed by atoms with Crippen molar-refractivity contribution in [2.45, 2.75) is 63.5 Å². The molecule has 27 heavy (non-hydrogen) atoms. The number of aryl methyl sites for hydroxylation is 1. The quantitative estimate of drug-likeness (QED) is 0.860. The SMILES string of the molecule is Cc1ccc([S@@](=O)C2=C3CCCN3C(=O)[C@@H](NC(=O)OC(C)(C)C)C2)cc1. The number of alkyl carbamates (subject to hydrolysis) is 1. The molecule has 1 fully saturated rings. The molecule has 1 aromatic carbocycles. The highest BCUT2D eigenvalue weighted by Gasteiger charge is 2.40. The van der Waals surface area contributed by atoms with Gasteiger partial charge in [0.2, 0.25) is 5.91 Å². The van der Waals surface area contributed by atoms with E-state index < -0.39 is 28.5 Å². The van der Waals surface area contributed by atoms with Crippen molar-refractivity contribution in [1.82, 2.24) is 10.2 Å². The summed E-state index contributed by atoms with van der Waals surface area (Å²) >= 11 is 0. The van der Waals surface area contributed by atoms with E-state index in [4.69, 9.17) is 4.74 Å². The smallest absolute Gasteiger partial charge is 0.408 e. The molecule has 6 nitrogen and oxygen atoms in total. The van der Waals surface area contributed by atoms with Crippen molar-refractivity contribution in [3.63, 3.8) is 0 Å². The molecule has 0 aromatic heterocycles. The molecule has 3 rings (SSSR count). The molecule has 2 atom stereocenters. The molecule has 2 amide bonds. The molecule has 0 radical (unpaired) electrons. The van der Waals surface area contributed by atoms with Gasteiger partial charge in [-0.05, 0) is 52.7 Å². The maximum absolute atomic E-state index is 13.2. The van der Waals surface area contributed by atoms with Gasteiger partial charge < -0.3 is 15.0 Å². The van der Waals surface area contributed by atoms with Gasteiger partial charge in [0.05, 0.1) is 10.8 Å². The van der Waals surface area contributed by atoms with Gasteiger partial charge in [-0.1, -0.05) is 17.7 Å². The molecule has 1 aromatic rings. The second-order valence-corrected chi connectivity index (χ2v) is 9.45. The number of nitrogens with one attached hydrogen (secondary N) is 1. The van der Waals surface area contributed by atoms with E-state index in [1.54, 1.807) is 25.7 Å². The molecule has 146 valence electrons. The molecule has 0 saturated carbocycles. The van der Waals surface area contributed by atoms with Crippen molar-refractivity contribution < 1.29 is 18.5 Å². The number of benzene rings is 1. The maximum Gasteiger partial charge on any atom is 0.408 e. The molecule has 2 aliphatic rings. The number of ether oxygens (including phenoxy) is 1. The van der Waals surface area contributed by atoms with Crippen LogP contribution in [0.1, 0.15) is 45.6 Å². The third-order valence-corrected chi connectivity index (χ3v) is 6.10. The standard InChI is InChI=1S/C20H26N2O4S/c1-13-7-9-14(10-8-13)27(25)17-12-15(21-19(24)26-20(2,3)4)18(23)22-11-5-6-16(17)22/h7-10,15H,5-6,11-12H2,1-4H3,(H,21,24)/t15-,27+/m0/s1. The second-order valence-electron chi connectivity index (χ2n) is 7.95. The number of carbonyl (C=O) groups excluding carboxylic acids is 2. The lowest BCUT2D eigenvalue weighted by molar-refractivity contribution is -0.131. The van der Waals surface area contributed by atoms with Gasteiger partial charge in [0.25, 0.3) is 0 Å². The summed E-state index contributed by atoms with van der Waals surface area (Å²) in [5, 5.41) is 2.66. The zero-order chi connectivity index (χ0) is 19.8. The molecular weight excluding hydrogens is 364 g/mol. The van der Waals surface area contributed by atoms with Crippen LogP contribution < -0.4 is 5.32 Å². The minimum absolute atomic E-state index is 0.155. The van der Waals surface area contributed by atoms with Crippen LogP contribution in [-0.4, -0.2) is 39.3 Å². The fourth-order valence-electron chi connectivity index (χ4n) is 3.34. The van der Waals surface area contributed by atoms with Crippen LogP contribution in [-0.2, 0) is 20.3 Å². The predicted molar refractivity (Wildman–Crippen MR) is 103 cm³/mol. The van der Waals surface area contributed by atoms with E-state index in [1.165, 1.54) is 0 Å². The predicted octanol–water partition coefficient (Wildman–Crippen LogP) is 3.23. The highest BCUT2D eigenvalue weighted by molar-refractivity contribution is 7.89. The zero-order valence-electron chi connectivity index (χ0n) is 16.2. The Bertz CT molecular complexity index is 808. The largest absolute Gasteiger partial charge is 0.444 e. The average Bonchev–Trinajstić information content (AvgIpc) is 3.06. The fourth-order valence-corrected chi connectivity index (χ4v) is 4.75. The van der Waals surface area contributed by atoms with Crippen LogP contribution >= 0.6 is 0 Å². The third kappa shape index (κ3) is 4.40. The fraction of sp³-hybridized carbons (Fsp3) is 0.500. The summed E-state index contributed by atoms with van der Waals surface area (Å²) in [7, 11) is -1.36. The molecule has 0 bridgehead atoms. The summed E-state index contributed by atoms with van der Waals surface area (Å²) in [6.45, 7) is 7.88. The molecule has 2 aliphatic heterocycles. The molecule has 1 saturated heterocycles. The number of nitrogens with zero attached hydrogens (tertiary/aromatic N) is 1. The Balaban J connectivity index is 1.85. The van der Waals surface area contributed by atoms with Gasteiger partial charge >= 0.3 is 6.09 Å². The highest BCUT2D eigenvalue weighted by atomic mass is 32.2. The minimum atomic E-state index is -1.36. The maximum atomic E-state index is 13.2. The number of rotatable bonds is 3. The second kappa shape index (κ2) is 7.46. The summed E-state index contributed by atoms with van der Waals surface area (Å²) in [5.41, 5.74) is 1.30. The summed E-state index contributed by atoms with van der Waals surface area (Å²) in [6.07, 6.45) is 1.18. The summed E-state index contributed by atoms with van der Waals surface area (Å²) in [5.74, 6) is -0.155. The minimum Gasteiger partial charge on any atom is -0.444 e. The van der Waals surface area contributed by atoms with Crippen molar-refractivity contribution in [2.24, 2.45) is 0 Å². The van der Waals surface area contributed by atoms with Crippen molar-refractivity contribution >= 4 is 22.8 Å². The summed E-state index contributed by atoms with van der Waals surface area (Å²) in [4.78, 5) is 28.0. The van der Waals surface area contributed by atoms with Crippen LogP contribution in [0.3, 0.4) is 0 Å². The molecule has 7 heteroatoms. The van der Waals surface area contributed by atoms with Crippen molar-refractivity contribution in [1.29, 1.82) is 0 Å². The van der Waals surface area contributed by atoms with Crippen LogP contribution in [0.4, 0.5) is 4.79 Å². The Morgan fingerprint density at radius 1 is 1.26 bits per heavy atom. The van der Waals surface area contributed by atoms with Crippen LogP contribution in [0.2, 0.25) is 0 Å². The van der Waals surface area contributed by atoms with Gasteiger partial charge in [-0.25, -0.2) is 9.00 Å². The average molecular weight is 391 g/mol. The Morgan fingerprint density at radius 3 is 2.56 bits per heavy atom. The van der Waals surface area contributed by atoms with Gasteiger partial charge in [0.1, 0.15) is 11.6 Å². The normalized spacial score (nSPS) is 21.1. The van der Waals surface area contributed by atoms with Crippen LogP contribution in [0.5, 0.6) is 0 Å². The molecule has 0 unspecified atom stereocenters.